The predicted octanol–water partition coefficient (Wildman–Crippen LogP) is 4.57. The smallest absolute Gasteiger partial charge is 0.0876 e. The summed E-state index contributed by atoms with van der Waals surface area (Å²) in [6.07, 6.45) is 5.34. The molecule has 0 saturated carbocycles. The quantitative estimate of drug-likeness (QED) is 0.866. The van der Waals surface area contributed by atoms with Crippen molar-refractivity contribution in [3.8, 4) is 0 Å². The molecule has 3 rings (SSSR count). The van der Waals surface area contributed by atoms with Crippen molar-refractivity contribution < 1.29 is 4.74 Å². The Balaban J connectivity index is 1.94. The van der Waals surface area contributed by atoms with Gasteiger partial charge in [-0.25, -0.2) is 0 Å². The highest BCUT2D eigenvalue weighted by Gasteiger charge is 2.18. The van der Waals surface area contributed by atoms with Gasteiger partial charge in [0.2, 0.25) is 0 Å². The molecular formula is C19H23NO. The Morgan fingerprint density at radius 2 is 2.00 bits per heavy atom. The second-order valence-electron chi connectivity index (χ2n) is 5.66. The third-order valence-electron chi connectivity index (χ3n) is 4.04. The SMILES string of the molecule is CCCNC(C1=COCCC1)c1ccc2ccccc2c1. The van der Waals surface area contributed by atoms with E-state index in [1.54, 1.807) is 0 Å². The van der Waals surface area contributed by atoms with Crippen LogP contribution in [0.2, 0.25) is 0 Å². The zero-order chi connectivity index (χ0) is 14.5. The Bertz CT molecular complexity index is 632. The Morgan fingerprint density at radius 1 is 1.14 bits per heavy atom. The van der Waals surface area contributed by atoms with Crippen molar-refractivity contribution in [3.05, 3.63) is 59.9 Å². The molecule has 1 unspecified atom stereocenters. The molecule has 0 saturated heterocycles. The van der Waals surface area contributed by atoms with Gasteiger partial charge in [-0.3, -0.25) is 0 Å². The molecule has 2 nitrogen and oxygen atoms in total. The van der Waals surface area contributed by atoms with Crippen LogP contribution in [-0.2, 0) is 4.74 Å². The summed E-state index contributed by atoms with van der Waals surface area (Å²) in [6.45, 7) is 4.08. The maximum atomic E-state index is 5.55. The van der Waals surface area contributed by atoms with Crippen LogP contribution in [0, 0.1) is 0 Å². The van der Waals surface area contributed by atoms with Crippen molar-refractivity contribution in [2.45, 2.75) is 32.2 Å². The summed E-state index contributed by atoms with van der Waals surface area (Å²) in [6, 6.07) is 15.6. The first-order chi connectivity index (χ1) is 10.4. The third kappa shape index (κ3) is 3.27. The average Bonchev–Trinajstić information content (AvgIpc) is 2.56. The number of benzene rings is 2. The van der Waals surface area contributed by atoms with Crippen LogP contribution in [0.5, 0.6) is 0 Å². The highest BCUT2D eigenvalue weighted by Crippen LogP contribution is 2.29. The fourth-order valence-corrected chi connectivity index (χ4v) is 2.94. The predicted molar refractivity (Wildman–Crippen MR) is 88.3 cm³/mol. The van der Waals surface area contributed by atoms with Gasteiger partial charge in [-0.1, -0.05) is 43.3 Å². The van der Waals surface area contributed by atoms with Crippen LogP contribution in [0.25, 0.3) is 10.8 Å². The van der Waals surface area contributed by atoms with E-state index in [-0.39, 0.29) is 6.04 Å². The Morgan fingerprint density at radius 3 is 2.76 bits per heavy atom. The third-order valence-corrected chi connectivity index (χ3v) is 4.04. The molecule has 0 fully saturated rings. The number of hydrogen-bond donors (Lipinski definition) is 1. The van der Waals surface area contributed by atoms with Crippen LogP contribution in [0.4, 0.5) is 0 Å². The van der Waals surface area contributed by atoms with E-state index in [0.29, 0.717) is 0 Å². The normalized spacial score (nSPS) is 16.3. The molecule has 0 radical (unpaired) electrons. The summed E-state index contributed by atoms with van der Waals surface area (Å²) in [5.74, 6) is 0. The van der Waals surface area contributed by atoms with Crippen LogP contribution in [0.3, 0.4) is 0 Å². The number of rotatable bonds is 5. The largest absolute Gasteiger partial charge is 0.501 e. The lowest BCUT2D eigenvalue weighted by Gasteiger charge is -2.25. The van der Waals surface area contributed by atoms with Gasteiger partial charge in [0.25, 0.3) is 0 Å². The lowest BCUT2D eigenvalue weighted by Crippen LogP contribution is -2.25. The maximum Gasteiger partial charge on any atom is 0.0876 e. The molecule has 0 spiro atoms. The zero-order valence-corrected chi connectivity index (χ0v) is 12.6. The Hall–Kier alpha value is -1.80. The summed E-state index contributed by atoms with van der Waals surface area (Å²) < 4.78 is 5.55. The fourth-order valence-electron chi connectivity index (χ4n) is 2.94. The summed E-state index contributed by atoms with van der Waals surface area (Å²) in [5.41, 5.74) is 2.70. The van der Waals surface area contributed by atoms with E-state index in [0.717, 1.165) is 32.4 Å². The minimum absolute atomic E-state index is 0.273. The van der Waals surface area contributed by atoms with Crippen molar-refractivity contribution >= 4 is 10.8 Å². The van der Waals surface area contributed by atoms with Gasteiger partial charge in [0.05, 0.1) is 18.9 Å². The molecule has 0 aromatic heterocycles. The lowest BCUT2D eigenvalue weighted by molar-refractivity contribution is 0.219. The molecule has 0 aliphatic carbocycles. The van der Waals surface area contributed by atoms with Gasteiger partial charge in [-0.2, -0.15) is 0 Å². The average molecular weight is 281 g/mol. The molecule has 1 aliphatic heterocycles. The highest BCUT2D eigenvalue weighted by molar-refractivity contribution is 5.83. The Labute approximate surface area is 126 Å². The van der Waals surface area contributed by atoms with Crippen molar-refractivity contribution in [1.82, 2.24) is 5.32 Å². The van der Waals surface area contributed by atoms with Crippen molar-refractivity contribution in [2.24, 2.45) is 0 Å². The van der Waals surface area contributed by atoms with Crippen LogP contribution in [-0.4, -0.2) is 13.2 Å². The molecule has 1 aliphatic rings. The van der Waals surface area contributed by atoms with E-state index in [2.05, 4.69) is 54.7 Å². The highest BCUT2D eigenvalue weighted by atomic mass is 16.5. The first-order valence-electron chi connectivity index (χ1n) is 7.91. The lowest BCUT2D eigenvalue weighted by atomic mass is 9.93. The number of ether oxygens (including phenoxy) is 1. The molecule has 2 heteroatoms. The topological polar surface area (TPSA) is 21.3 Å². The molecular weight excluding hydrogens is 258 g/mol. The van der Waals surface area contributed by atoms with Gasteiger partial charge >= 0.3 is 0 Å². The monoisotopic (exact) mass is 281 g/mol. The summed E-state index contributed by atoms with van der Waals surface area (Å²) in [7, 11) is 0. The van der Waals surface area contributed by atoms with Crippen LogP contribution in [0.15, 0.2) is 54.3 Å². The van der Waals surface area contributed by atoms with E-state index in [4.69, 9.17) is 4.74 Å². The zero-order valence-electron chi connectivity index (χ0n) is 12.6. The minimum Gasteiger partial charge on any atom is -0.501 e. The number of fused-ring (bicyclic) bond motifs is 1. The van der Waals surface area contributed by atoms with E-state index < -0.39 is 0 Å². The maximum absolute atomic E-state index is 5.55. The molecule has 21 heavy (non-hydrogen) atoms. The summed E-state index contributed by atoms with van der Waals surface area (Å²) in [5, 5.41) is 6.27. The van der Waals surface area contributed by atoms with Gasteiger partial charge in [-0.05, 0) is 53.8 Å². The molecule has 110 valence electrons. The molecule has 1 atom stereocenters. The van der Waals surface area contributed by atoms with E-state index in [1.165, 1.54) is 21.9 Å². The second-order valence-corrected chi connectivity index (χ2v) is 5.66. The van der Waals surface area contributed by atoms with E-state index in [1.807, 2.05) is 6.26 Å². The van der Waals surface area contributed by atoms with Gasteiger partial charge in [-0.15, -0.1) is 0 Å². The van der Waals surface area contributed by atoms with Crippen LogP contribution >= 0.6 is 0 Å². The summed E-state index contributed by atoms with van der Waals surface area (Å²) >= 11 is 0. The van der Waals surface area contributed by atoms with E-state index >= 15 is 0 Å². The molecule has 0 bridgehead atoms. The van der Waals surface area contributed by atoms with Crippen molar-refractivity contribution in [2.75, 3.05) is 13.2 Å². The van der Waals surface area contributed by atoms with Gasteiger partial charge in [0.15, 0.2) is 0 Å². The van der Waals surface area contributed by atoms with Crippen LogP contribution < -0.4 is 5.32 Å². The van der Waals surface area contributed by atoms with Gasteiger partial charge in [0.1, 0.15) is 0 Å². The fraction of sp³-hybridized carbons (Fsp3) is 0.368. The number of hydrogen-bond acceptors (Lipinski definition) is 2. The van der Waals surface area contributed by atoms with Crippen LogP contribution in [0.1, 0.15) is 37.8 Å². The standard InChI is InChI=1S/C19H23NO/c1-2-11-20-19(18-8-5-12-21-14-18)17-10-9-15-6-3-4-7-16(15)13-17/h3-4,6-7,9-10,13-14,19-20H,2,5,8,11-12H2,1H3. The van der Waals surface area contributed by atoms with Gasteiger partial charge in [0, 0.05) is 0 Å². The molecule has 2 aromatic rings. The summed E-state index contributed by atoms with van der Waals surface area (Å²) in [4.78, 5) is 0. The second kappa shape index (κ2) is 6.77. The first-order valence-corrected chi connectivity index (χ1v) is 7.91. The molecule has 2 aromatic carbocycles. The van der Waals surface area contributed by atoms with Crippen molar-refractivity contribution in [3.63, 3.8) is 0 Å². The Kier molecular flexibility index (Phi) is 4.56. The first kappa shape index (κ1) is 14.2. The van der Waals surface area contributed by atoms with Crippen molar-refractivity contribution in [1.29, 1.82) is 0 Å². The molecule has 1 heterocycles. The minimum atomic E-state index is 0.273. The molecule has 0 amide bonds. The number of nitrogens with one attached hydrogen (secondary N) is 1. The van der Waals surface area contributed by atoms with E-state index in [9.17, 15) is 0 Å². The molecule has 1 N–H and O–H groups in total. The van der Waals surface area contributed by atoms with Gasteiger partial charge < -0.3 is 10.1 Å².